The van der Waals surface area contributed by atoms with Gasteiger partial charge < -0.3 is 11.1 Å². The number of para-hydroxylation sites is 1. The van der Waals surface area contributed by atoms with Crippen LogP contribution in [0.15, 0.2) is 59.7 Å². The zero-order valence-corrected chi connectivity index (χ0v) is 13.4. The highest BCUT2D eigenvalue weighted by Gasteiger charge is 2.34. The van der Waals surface area contributed by atoms with Crippen molar-refractivity contribution in [3.05, 3.63) is 59.6 Å². The molecule has 0 saturated heterocycles. The van der Waals surface area contributed by atoms with Gasteiger partial charge in [0.15, 0.2) is 0 Å². The molecule has 1 atom stereocenters. The highest BCUT2D eigenvalue weighted by Crippen LogP contribution is 2.25. The first kappa shape index (κ1) is 16.0. The largest absolute Gasteiger partial charge is 0.368 e. The van der Waals surface area contributed by atoms with Crippen LogP contribution in [0.5, 0.6) is 0 Å². The Morgan fingerprint density at radius 1 is 1.17 bits per heavy atom. The Bertz CT molecular complexity index is 807. The van der Waals surface area contributed by atoms with Crippen molar-refractivity contribution >= 4 is 40.5 Å². The van der Waals surface area contributed by atoms with Crippen molar-refractivity contribution in [3.8, 4) is 0 Å². The summed E-state index contributed by atoms with van der Waals surface area (Å²) in [6, 6.07) is 15.2. The fraction of sp³-hybridized carbons (Fsp3) is 0.118. The first-order valence-corrected chi connectivity index (χ1v) is 7.70. The Labute approximate surface area is 143 Å². The van der Waals surface area contributed by atoms with Crippen LogP contribution < -0.4 is 16.1 Å². The lowest BCUT2D eigenvalue weighted by molar-refractivity contribution is -0.119. The number of carbonyl (C=O) groups excluding carboxylic acids is 2. The summed E-state index contributed by atoms with van der Waals surface area (Å²) in [5, 5.41) is 9.00. The molecule has 0 spiro atoms. The van der Waals surface area contributed by atoms with Gasteiger partial charge in [0.1, 0.15) is 11.8 Å². The lowest BCUT2D eigenvalue weighted by atomic mass is 10.1. The number of hydrogen-bond acceptors (Lipinski definition) is 4. The van der Waals surface area contributed by atoms with Crippen LogP contribution in [0.25, 0.3) is 0 Å². The SMILES string of the molecule is NC(=O)C1CC(C(=O)Nc2cccc(Cl)c2)=NN1c1ccccc1. The number of nitrogens with two attached hydrogens (primary N) is 1. The summed E-state index contributed by atoms with van der Waals surface area (Å²) in [5.41, 5.74) is 6.96. The molecule has 0 aliphatic carbocycles. The monoisotopic (exact) mass is 342 g/mol. The van der Waals surface area contributed by atoms with Gasteiger partial charge in [0.2, 0.25) is 5.91 Å². The minimum atomic E-state index is -0.687. The predicted molar refractivity (Wildman–Crippen MR) is 94.0 cm³/mol. The van der Waals surface area contributed by atoms with Crippen molar-refractivity contribution < 1.29 is 9.59 Å². The van der Waals surface area contributed by atoms with Crippen LogP contribution in [0.4, 0.5) is 11.4 Å². The fourth-order valence-corrected chi connectivity index (χ4v) is 2.65. The van der Waals surface area contributed by atoms with Crippen molar-refractivity contribution in [2.75, 3.05) is 10.3 Å². The van der Waals surface area contributed by atoms with E-state index in [1.807, 2.05) is 18.2 Å². The number of hydrazone groups is 1. The van der Waals surface area contributed by atoms with E-state index >= 15 is 0 Å². The number of nitrogens with zero attached hydrogens (tertiary/aromatic N) is 2. The lowest BCUT2D eigenvalue weighted by Gasteiger charge is -2.20. The van der Waals surface area contributed by atoms with Crippen LogP contribution in [0, 0.1) is 0 Å². The standard InChI is InChI=1S/C17H15ClN4O2/c18-11-5-4-6-12(9-11)20-17(24)14-10-15(16(19)23)22(21-14)13-7-2-1-3-8-13/h1-9,15H,10H2,(H2,19,23)(H,20,24). The second-order valence-corrected chi connectivity index (χ2v) is 5.75. The van der Waals surface area contributed by atoms with Crippen LogP contribution in [0.2, 0.25) is 5.02 Å². The number of primary amides is 1. The number of benzene rings is 2. The van der Waals surface area contributed by atoms with Gasteiger partial charge in [-0.15, -0.1) is 0 Å². The van der Waals surface area contributed by atoms with E-state index in [1.165, 1.54) is 5.01 Å². The normalized spacial score (nSPS) is 16.6. The van der Waals surface area contributed by atoms with Gasteiger partial charge in [0.05, 0.1) is 5.69 Å². The molecule has 1 aliphatic heterocycles. The van der Waals surface area contributed by atoms with Crippen molar-refractivity contribution in [1.29, 1.82) is 0 Å². The Morgan fingerprint density at radius 2 is 1.92 bits per heavy atom. The van der Waals surface area contributed by atoms with Gasteiger partial charge in [-0.3, -0.25) is 14.6 Å². The molecule has 0 bridgehead atoms. The Hall–Kier alpha value is -2.86. The maximum Gasteiger partial charge on any atom is 0.271 e. The summed E-state index contributed by atoms with van der Waals surface area (Å²) in [7, 11) is 0. The average molecular weight is 343 g/mol. The third kappa shape index (κ3) is 3.38. The van der Waals surface area contributed by atoms with Gasteiger partial charge in [0.25, 0.3) is 5.91 Å². The summed E-state index contributed by atoms with van der Waals surface area (Å²) in [6.45, 7) is 0. The average Bonchev–Trinajstić information content (AvgIpc) is 3.01. The number of amides is 2. The number of carbonyl (C=O) groups is 2. The number of nitrogens with one attached hydrogen (secondary N) is 1. The van der Waals surface area contributed by atoms with Gasteiger partial charge >= 0.3 is 0 Å². The molecule has 3 rings (SSSR count). The zero-order valence-electron chi connectivity index (χ0n) is 12.6. The van der Waals surface area contributed by atoms with Crippen LogP contribution in [0.1, 0.15) is 6.42 Å². The second kappa shape index (κ2) is 6.72. The molecule has 2 amide bonds. The molecule has 2 aromatic rings. The first-order chi connectivity index (χ1) is 11.5. The van der Waals surface area contributed by atoms with Crippen molar-refractivity contribution in [1.82, 2.24) is 0 Å². The molecule has 7 heteroatoms. The van der Waals surface area contributed by atoms with Crippen LogP contribution in [-0.2, 0) is 9.59 Å². The Balaban J connectivity index is 1.82. The van der Waals surface area contributed by atoms with E-state index in [0.717, 1.165) is 0 Å². The molecule has 0 saturated carbocycles. The summed E-state index contributed by atoms with van der Waals surface area (Å²) in [6.07, 6.45) is 0.149. The summed E-state index contributed by atoms with van der Waals surface area (Å²) < 4.78 is 0. The molecule has 0 aromatic heterocycles. The maximum atomic E-state index is 12.4. The van der Waals surface area contributed by atoms with E-state index in [0.29, 0.717) is 16.4 Å². The number of rotatable bonds is 4. The van der Waals surface area contributed by atoms with Crippen LogP contribution >= 0.6 is 11.6 Å². The maximum absolute atomic E-state index is 12.4. The molecular formula is C17H15ClN4O2. The molecular weight excluding hydrogens is 328 g/mol. The topological polar surface area (TPSA) is 87.8 Å². The smallest absolute Gasteiger partial charge is 0.271 e. The molecule has 1 heterocycles. The van der Waals surface area contributed by atoms with Crippen molar-refractivity contribution in [2.45, 2.75) is 12.5 Å². The van der Waals surface area contributed by atoms with Gasteiger partial charge in [0, 0.05) is 17.1 Å². The molecule has 3 N–H and O–H groups in total. The molecule has 6 nitrogen and oxygen atoms in total. The van der Waals surface area contributed by atoms with E-state index < -0.39 is 11.9 Å². The number of anilines is 2. The predicted octanol–water partition coefficient (Wildman–Crippen LogP) is 2.40. The van der Waals surface area contributed by atoms with E-state index in [4.69, 9.17) is 17.3 Å². The van der Waals surface area contributed by atoms with E-state index in [2.05, 4.69) is 10.4 Å². The van der Waals surface area contributed by atoms with Gasteiger partial charge in [-0.05, 0) is 30.3 Å². The van der Waals surface area contributed by atoms with Crippen molar-refractivity contribution in [2.24, 2.45) is 10.8 Å². The van der Waals surface area contributed by atoms with E-state index in [1.54, 1.807) is 36.4 Å². The minimum absolute atomic E-state index is 0.149. The van der Waals surface area contributed by atoms with Crippen LogP contribution in [0.3, 0.4) is 0 Å². The lowest BCUT2D eigenvalue weighted by Crippen LogP contribution is -2.39. The molecule has 0 fully saturated rings. The Morgan fingerprint density at radius 3 is 2.58 bits per heavy atom. The Kier molecular flexibility index (Phi) is 4.48. The molecule has 2 aromatic carbocycles. The molecule has 122 valence electrons. The molecule has 1 unspecified atom stereocenters. The van der Waals surface area contributed by atoms with Gasteiger partial charge in [-0.25, -0.2) is 0 Å². The second-order valence-electron chi connectivity index (χ2n) is 5.31. The number of hydrogen-bond donors (Lipinski definition) is 2. The molecule has 0 radical (unpaired) electrons. The van der Waals surface area contributed by atoms with Crippen molar-refractivity contribution in [3.63, 3.8) is 0 Å². The summed E-state index contributed by atoms with van der Waals surface area (Å²) in [5.74, 6) is -0.921. The third-order valence-electron chi connectivity index (χ3n) is 3.60. The summed E-state index contributed by atoms with van der Waals surface area (Å²) >= 11 is 5.90. The molecule has 24 heavy (non-hydrogen) atoms. The quantitative estimate of drug-likeness (QED) is 0.894. The number of halogens is 1. The first-order valence-electron chi connectivity index (χ1n) is 7.32. The zero-order chi connectivity index (χ0) is 17.1. The highest BCUT2D eigenvalue weighted by atomic mass is 35.5. The minimum Gasteiger partial charge on any atom is -0.368 e. The fourth-order valence-electron chi connectivity index (χ4n) is 2.46. The van der Waals surface area contributed by atoms with E-state index in [9.17, 15) is 9.59 Å². The highest BCUT2D eigenvalue weighted by molar-refractivity contribution is 6.44. The molecule has 1 aliphatic rings. The van der Waals surface area contributed by atoms with Gasteiger partial charge in [-0.1, -0.05) is 35.9 Å². The van der Waals surface area contributed by atoms with Gasteiger partial charge in [-0.2, -0.15) is 5.10 Å². The van der Waals surface area contributed by atoms with Crippen LogP contribution in [-0.4, -0.2) is 23.6 Å². The third-order valence-corrected chi connectivity index (χ3v) is 3.84. The summed E-state index contributed by atoms with van der Waals surface area (Å²) in [4.78, 5) is 24.1. The van der Waals surface area contributed by atoms with E-state index in [-0.39, 0.29) is 18.0 Å².